The van der Waals surface area contributed by atoms with Gasteiger partial charge in [0.2, 0.25) is 0 Å². The van der Waals surface area contributed by atoms with Crippen LogP contribution in [0.2, 0.25) is 0 Å². The number of carbonyl (C=O) groups excluding carboxylic acids is 3. The molecular formula is C19H31N3O5. The topological polar surface area (TPSA) is 110 Å². The SMILES string of the molecule is CCOC(=O)NC(CNC(=O)c1[nH]c(CC)c(C(=O)OC)c1C)CC(C)C. The number of hydrogen-bond acceptors (Lipinski definition) is 5. The summed E-state index contributed by atoms with van der Waals surface area (Å²) >= 11 is 0. The molecule has 27 heavy (non-hydrogen) atoms. The van der Waals surface area contributed by atoms with E-state index in [-0.39, 0.29) is 25.1 Å². The van der Waals surface area contributed by atoms with Gasteiger partial charge in [0.15, 0.2) is 0 Å². The molecule has 152 valence electrons. The minimum absolute atomic E-state index is 0.253. The number of carbonyl (C=O) groups is 3. The molecule has 8 heteroatoms. The van der Waals surface area contributed by atoms with E-state index in [0.717, 1.165) is 0 Å². The first kappa shape index (κ1) is 22.5. The molecule has 1 rings (SSSR count). The van der Waals surface area contributed by atoms with E-state index in [1.54, 1.807) is 13.8 Å². The van der Waals surface area contributed by atoms with Gasteiger partial charge in [-0.05, 0) is 38.2 Å². The number of H-pyrrole nitrogens is 1. The molecule has 8 nitrogen and oxygen atoms in total. The van der Waals surface area contributed by atoms with Crippen LogP contribution in [0.5, 0.6) is 0 Å². The fourth-order valence-electron chi connectivity index (χ4n) is 2.94. The second-order valence-electron chi connectivity index (χ2n) is 6.72. The van der Waals surface area contributed by atoms with Gasteiger partial charge in [-0.25, -0.2) is 9.59 Å². The number of aromatic nitrogens is 1. The maximum Gasteiger partial charge on any atom is 0.407 e. The van der Waals surface area contributed by atoms with Crippen LogP contribution in [-0.2, 0) is 15.9 Å². The Kier molecular flexibility index (Phi) is 8.84. The third-order valence-corrected chi connectivity index (χ3v) is 4.16. The number of ether oxygens (including phenoxy) is 2. The zero-order chi connectivity index (χ0) is 20.6. The lowest BCUT2D eigenvalue weighted by molar-refractivity contribution is 0.0599. The Morgan fingerprint density at radius 2 is 1.85 bits per heavy atom. The van der Waals surface area contributed by atoms with Crippen LogP contribution in [0.15, 0.2) is 0 Å². The molecule has 0 aliphatic heterocycles. The molecule has 0 aromatic carbocycles. The van der Waals surface area contributed by atoms with Gasteiger partial charge in [-0.3, -0.25) is 4.79 Å². The van der Waals surface area contributed by atoms with Gasteiger partial charge >= 0.3 is 12.1 Å². The number of nitrogens with one attached hydrogen (secondary N) is 3. The van der Waals surface area contributed by atoms with Gasteiger partial charge in [-0.1, -0.05) is 20.8 Å². The molecule has 3 N–H and O–H groups in total. The third kappa shape index (κ3) is 6.30. The van der Waals surface area contributed by atoms with Crippen LogP contribution in [0.1, 0.15) is 66.2 Å². The summed E-state index contributed by atoms with van der Waals surface area (Å²) < 4.78 is 9.73. The number of rotatable bonds is 9. The maximum atomic E-state index is 12.6. The molecule has 1 aromatic rings. The van der Waals surface area contributed by atoms with Crippen molar-refractivity contribution in [2.45, 2.75) is 53.5 Å². The molecule has 1 unspecified atom stereocenters. The highest BCUT2D eigenvalue weighted by Crippen LogP contribution is 2.20. The zero-order valence-electron chi connectivity index (χ0n) is 17.0. The van der Waals surface area contributed by atoms with Gasteiger partial charge in [-0.15, -0.1) is 0 Å². The van der Waals surface area contributed by atoms with Crippen LogP contribution in [0, 0.1) is 12.8 Å². The van der Waals surface area contributed by atoms with Gasteiger partial charge in [0, 0.05) is 18.3 Å². The Labute approximate surface area is 160 Å². The van der Waals surface area contributed by atoms with Crippen LogP contribution >= 0.6 is 0 Å². The lowest BCUT2D eigenvalue weighted by atomic mass is 10.0. The Balaban J connectivity index is 2.88. The minimum Gasteiger partial charge on any atom is -0.465 e. The number of amides is 2. The maximum absolute atomic E-state index is 12.6. The summed E-state index contributed by atoms with van der Waals surface area (Å²) in [7, 11) is 1.31. The third-order valence-electron chi connectivity index (χ3n) is 4.16. The van der Waals surface area contributed by atoms with E-state index in [2.05, 4.69) is 15.6 Å². The highest BCUT2D eigenvalue weighted by molar-refractivity contribution is 6.00. The molecule has 0 saturated heterocycles. The van der Waals surface area contributed by atoms with Gasteiger partial charge in [0.05, 0.1) is 19.3 Å². The first-order valence-electron chi connectivity index (χ1n) is 9.26. The molecule has 0 spiro atoms. The van der Waals surface area contributed by atoms with Crippen molar-refractivity contribution >= 4 is 18.0 Å². The molecule has 0 saturated carbocycles. The van der Waals surface area contributed by atoms with E-state index in [9.17, 15) is 14.4 Å². The van der Waals surface area contributed by atoms with Crippen molar-refractivity contribution in [2.75, 3.05) is 20.3 Å². The largest absolute Gasteiger partial charge is 0.465 e. The molecule has 0 radical (unpaired) electrons. The Bertz CT molecular complexity index is 667. The number of aryl methyl sites for hydroxylation is 1. The highest BCUT2D eigenvalue weighted by atomic mass is 16.5. The first-order chi connectivity index (χ1) is 12.7. The molecule has 0 aliphatic carbocycles. The molecule has 1 heterocycles. The Morgan fingerprint density at radius 3 is 2.37 bits per heavy atom. The molecule has 1 atom stereocenters. The van der Waals surface area contributed by atoms with Crippen molar-refractivity contribution in [3.63, 3.8) is 0 Å². The second kappa shape index (κ2) is 10.6. The van der Waals surface area contributed by atoms with E-state index >= 15 is 0 Å². The summed E-state index contributed by atoms with van der Waals surface area (Å²) in [6.07, 6.45) is 0.754. The van der Waals surface area contributed by atoms with Crippen LogP contribution in [0.25, 0.3) is 0 Å². The van der Waals surface area contributed by atoms with Crippen LogP contribution in [0.3, 0.4) is 0 Å². The lowest BCUT2D eigenvalue weighted by Gasteiger charge is -2.20. The van der Waals surface area contributed by atoms with Gasteiger partial charge in [0.25, 0.3) is 5.91 Å². The second-order valence-corrected chi connectivity index (χ2v) is 6.72. The van der Waals surface area contributed by atoms with E-state index in [1.165, 1.54) is 7.11 Å². The average Bonchev–Trinajstić information content (AvgIpc) is 2.95. The fraction of sp³-hybridized carbons (Fsp3) is 0.632. The van der Waals surface area contributed by atoms with Gasteiger partial charge in [-0.2, -0.15) is 0 Å². The summed E-state index contributed by atoms with van der Waals surface area (Å²) in [6, 6.07) is -0.256. The summed E-state index contributed by atoms with van der Waals surface area (Å²) in [5.41, 5.74) is 1.93. The van der Waals surface area contributed by atoms with Crippen molar-refractivity contribution in [3.05, 3.63) is 22.5 Å². The summed E-state index contributed by atoms with van der Waals surface area (Å²) in [6.45, 7) is 9.94. The monoisotopic (exact) mass is 381 g/mol. The van der Waals surface area contributed by atoms with Crippen molar-refractivity contribution in [1.82, 2.24) is 15.6 Å². The summed E-state index contributed by atoms with van der Waals surface area (Å²) in [5.74, 6) is -0.475. The number of esters is 1. The quantitative estimate of drug-likeness (QED) is 0.570. The predicted molar refractivity (Wildman–Crippen MR) is 102 cm³/mol. The van der Waals surface area contributed by atoms with Crippen molar-refractivity contribution in [3.8, 4) is 0 Å². The van der Waals surface area contributed by atoms with E-state index in [4.69, 9.17) is 9.47 Å². The molecule has 0 fully saturated rings. The normalized spacial score (nSPS) is 11.8. The van der Waals surface area contributed by atoms with Gasteiger partial charge in [0.1, 0.15) is 5.69 Å². The molecule has 0 aliphatic rings. The van der Waals surface area contributed by atoms with Crippen molar-refractivity contribution in [1.29, 1.82) is 0 Å². The molecule has 2 amide bonds. The lowest BCUT2D eigenvalue weighted by Crippen LogP contribution is -2.44. The fourth-order valence-corrected chi connectivity index (χ4v) is 2.94. The van der Waals surface area contributed by atoms with Gasteiger partial charge < -0.3 is 25.1 Å². The number of alkyl carbamates (subject to hydrolysis) is 1. The molecule has 1 aromatic heterocycles. The predicted octanol–water partition coefficient (Wildman–Crippen LogP) is 2.56. The van der Waals surface area contributed by atoms with Crippen molar-refractivity contribution in [2.24, 2.45) is 5.92 Å². The van der Waals surface area contributed by atoms with Crippen LogP contribution in [-0.4, -0.2) is 49.3 Å². The Hall–Kier alpha value is -2.51. The van der Waals surface area contributed by atoms with Crippen LogP contribution in [0.4, 0.5) is 4.79 Å². The van der Waals surface area contributed by atoms with Crippen LogP contribution < -0.4 is 10.6 Å². The highest BCUT2D eigenvalue weighted by Gasteiger charge is 2.24. The summed E-state index contributed by atoms with van der Waals surface area (Å²) in [4.78, 5) is 39.3. The number of methoxy groups -OCH3 is 1. The van der Waals surface area contributed by atoms with E-state index < -0.39 is 12.1 Å². The number of aromatic amines is 1. The minimum atomic E-state index is -0.505. The molecular weight excluding hydrogens is 350 g/mol. The standard InChI is InChI=1S/C19H31N3O5/c1-7-14-15(18(24)26-6)12(5)16(22-14)17(23)20-10-13(9-11(3)4)21-19(25)27-8-2/h11,13,22H,7-10H2,1-6H3,(H,20,23)(H,21,25). The van der Waals surface area contributed by atoms with E-state index in [0.29, 0.717) is 41.3 Å². The van der Waals surface area contributed by atoms with E-state index in [1.807, 2.05) is 20.8 Å². The zero-order valence-corrected chi connectivity index (χ0v) is 17.0. The first-order valence-corrected chi connectivity index (χ1v) is 9.26. The molecule has 0 bridgehead atoms. The summed E-state index contributed by atoms with van der Waals surface area (Å²) in [5, 5.41) is 5.59. The van der Waals surface area contributed by atoms with Crippen molar-refractivity contribution < 1.29 is 23.9 Å². The smallest absolute Gasteiger partial charge is 0.407 e. The Morgan fingerprint density at radius 1 is 1.19 bits per heavy atom. The number of hydrogen-bond donors (Lipinski definition) is 3. The average molecular weight is 381 g/mol.